The van der Waals surface area contributed by atoms with Gasteiger partial charge in [-0.2, -0.15) is 0 Å². The standard InChI is InChI=1S/C15H17NO2/c1-4-10-16(11-5-2)12-13-6-8-14(9-7-13)15(17)18-3/h4-9H,1-2,10-11H2,3H3. The lowest BCUT2D eigenvalue weighted by Crippen LogP contribution is -2.21. The average Bonchev–Trinajstić information content (AvgIpc) is 2.39. The first-order valence-corrected chi connectivity index (χ1v) is 5.63. The number of hydrogen-bond acceptors (Lipinski definition) is 3. The van der Waals surface area contributed by atoms with E-state index in [0.29, 0.717) is 18.7 Å². The van der Waals surface area contributed by atoms with Gasteiger partial charge < -0.3 is 4.74 Å². The number of benzene rings is 1. The first-order valence-electron chi connectivity index (χ1n) is 5.63. The Labute approximate surface area is 108 Å². The lowest BCUT2D eigenvalue weighted by atomic mass is 10.1. The van der Waals surface area contributed by atoms with Gasteiger partial charge in [-0.05, 0) is 17.7 Å². The molecule has 0 atom stereocenters. The van der Waals surface area contributed by atoms with Crippen molar-refractivity contribution in [2.24, 2.45) is 0 Å². The van der Waals surface area contributed by atoms with Gasteiger partial charge in [0, 0.05) is 13.1 Å². The fourth-order valence-electron chi connectivity index (χ4n) is 1.46. The molecule has 3 nitrogen and oxygen atoms in total. The molecule has 2 radical (unpaired) electrons. The monoisotopic (exact) mass is 243 g/mol. The first-order chi connectivity index (χ1) is 8.71. The van der Waals surface area contributed by atoms with Crippen molar-refractivity contribution in [1.29, 1.82) is 0 Å². The highest BCUT2D eigenvalue weighted by molar-refractivity contribution is 5.89. The molecule has 0 aliphatic carbocycles. The SMILES string of the molecule is C=CCN([C]c1ccc(C(=O)OC)cc1)CC=C. The molecule has 0 aliphatic rings. The number of nitrogens with zero attached hydrogens (tertiary/aromatic N) is 1. The van der Waals surface area contributed by atoms with E-state index in [1.54, 1.807) is 24.3 Å². The molecule has 0 amide bonds. The fourth-order valence-corrected chi connectivity index (χ4v) is 1.46. The lowest BCUT2D eigenvalue weighted by Gasteiger charge is -2.17. The summed E-state index contributed by atoms with van der Waals surface area (Å²) < 4.78 is 4.64. The van der Waals surface area contributed by atoms with Crippen molar-refractivity contribution in [3.8, 4) is 0 Å². The molecule has 0 saturated heterocycles. The lowest BCUT2D eigenvalue weighted by molar-refractivity contribution is 0.0600. The molecule has 0 aromatic heterocycles. The van der Waals surface area contributed by atoms with E-state index in [1.165, 1.54) is 7.11 Å². The predicted molar refractivity (Wildman–Crippen MR) is 72.1 cm³/mol. The van der Waals surface area contributed by atoms with E-state index in [-0.39, 0.29) is 5.97 Å². The second-order valence-electron chi connectivity index (χ2n) is 3.66. The maximum atomic E-state index is 11.3. The largest absolute Gasteiger partial charge is 0.465 e. The molecule has 1 aromatic carbocycles. The van der Waals surface area contributed by atoms with E-state index in [4.69, 9.17) is 0 Å². The summed E-state index contributed by atoms with van der Waals surface area (Å²) in [5.41, 5.74) is 1.42. The summed E-state index contributed by atoms with van der Waals surface area (Å²) in [6.07, 6.45) is 3.61. The Hall–Kier alpha value is -1.87. The summed E-state index contributed by atoms with van der Waals surface area (Å²) in [5.74, 6) is -0.337. The van der Waals surface area contributed by atoms with Gasteiger partial charge in [0.05, 0.1) is 19.2 Å². The number of methoxy groups -OCH3 is 1. The Morgan fingerprint density at radius 1 is 1.28 bits per heavy atom. The maximum absolute atomic E-state index is 11.3. The van der Waals surface area contributed by atoms with E-state index in [2.05, 4.69) is 24.4 Å². The van der Waals surface area contributed by atoms with Gasteiger partial charge in [0.2, 0.25) is 0 Å². The van der Waals surface area contributed by atoms with Crippen molar-refractivity contribution in [2.75, 3.05) is 20.2 Å². The molecule has 0 N–H and O–H groups in total. The zero-order valence-corrected chi connectivity index (χ0v) is 10.6. The van der Waals surface area contributed by atoms with Gasteiger partial charge in [-0.25, -0.2) is 4.79 Å². The topological polar surface area (TPSA) is 29.5 Å². The normalized spacial score (nSPS) is 10.1. The van der Waals surface area contributed by atoms with Crippen LogP contribution in [0.25, 0.3) is 0 Å². The molecule has 1 aromatic rings. The third-order valence-electron chi connectivity index (χ3n) is 2.29. The highest BCUT2D eigenvalue weighted by Gasteiger charge is 2.07. The predicted octanol–water partition coefficient (Wildman–Crippen LogP) is 2.53. The smallest absolute Gasteiger partial charge is 0.337 e. The Morgan fingerprint density at radius 2 is 1.83 bits per heavy atom. The number of carbonyl (C=O) groups excluding carboxylic acids is 1. The Morgan fingerprint density at radius 3 is 2.28 bits per heavy atom. The van der Waals surface area contributed by atoms with Gasteiger partial charge in [0.25, 0.3) is 0 Å². The van der Waals surface area contributed by atoms with Crippen LogP contribution in [0, 0.1) is 6.54 Å². The molecule has 0 saturated carbocycles. The van der Waals surface area contributed by atoms with Crippen LogP contribution >= 0.6 is 0 Å². The van der Waals surface area contributed by atoms with Gasteiger partial charge >= 0.3 is 5.97 Å². The quantitative estimate of drug-likeness (QED) is 0.419. The molecule has 3 heteroatoms. The average molecular weight is 243 g/mol. The van der Waals surface area contributed by atoms with Crippen LogP contribution in [-0.4, -0.2) is 31.1 Å². The summed E-state index contributed by atoms with van der Waals surface area (Å²) >= 11 is 0. The number of ether oxygens (including phenoxy) is 1. The first kappa shape index (κ1) is 14.2. The van der Waals surface area contributed by atoms with Crippen LogP contribution in [0.3, 0.4) is 0 Å². The van der Waals surface area contributed by atoms with Gasteiger partial charge in [-0.15, -0.1) is 13.2 Å². The molecular formula is C15H17NO2. The molecule has 94 valence electrons. The summed E-state index contributed by atoms with van der Waals surface area (Å²) in [6, 6.07) is 7.08. The van der Waals surface area contributed by atoms with Crippen LogP contribution < -0.4 is 0 Å². The zero-order chi connectivity index (χ0) is 13.4. The van der Waals surface area contributed by atoms with E-state index in [1.807, 2.05) is 17.0 Å². The van der Waals surface area contributed by atoms with Gasteiger partial charge in [-0.1, -0.05) is 24.3 Å². The van der Waals surface area contributed by atoms with E-state index >= 15 is 0 Å². The highest BCUT2D eigenvalue weighted by Crippen LogP contribution is 2.10. The van der Waals surface area contributed by atoms with Crippen LogP contribution in [0.15, 0.2) is 49.6 Å². The molecule has 0 aliphatic heterocycles. The van der Waals surface area contributed by atoms with E-state index in [9.17, 15) is 4.79 Å². The third kappa shape index (κ3) is 4.18. The number of rotatable bonds is 7. The van der Waals surface area contributed by atoms with Crippen molar-refractivity contribution >= 4 is 5.97 Å². The molecular weight excluding hydrogens is 226 g/mol. The van der Waals surface area contributed by atoms with Crippen molar-refractivity contribution in [2.45, 2.75) is 0 Å². The van der Waals surface area contributed by atoms with Crippen molar-refractivity contribution < 1.29 is 9.53 Å². The summed E-state index contributed by atoms with van der Waals surface area (Å²) in [7, 11) is 1.37. The van der Waals surface area contributed by atoms with E-state index < -0.39 is 0 Å². The van der Waals surface area contributed by atoms with Crippen LogP contribution in [0.2, 0.25) is 0 Å². The van der Waals surface area contributed by atoms with E-state index in [0.717, 1.165) is 5.56 Å². The minimum absolute atomic E-state index is 0.337. The Balaban J connectivity index is 2.69. The number of esters is 1. The molecule has 0 unspecified atom stereocenters. The molecule has 1 rings (SSSR count). The van der Waals surface area contributed by atoms with Crippen molar-refractivity contribution in [3.63, 3.8) is 0 Å². The summed E-state index contributed by atoms with van der Waals surface area (Å²) in [5, 5.41) is 0. The fraction of sp³-hybridized carbons (Fsp3) is 0.200. The molecule has 0 heterocycles. The molecule has 0 bridgehead atoms. The number of hydrogen-bond donors (Lipinski definition) is 0. The maximum Gasteiger partial charge on any atom is 0.337 e. The van der Waals surface area contributed by atoms with Gasteiger partial charge in [0.15, 0.2) is 0 Å². The minimum Gasteiger partial charge on any atom is -0.465 e. The molecule has 18 heavy (non-hydrogen) atoms. The summed E-state index contributed by atoms with van der Waals surface area (Å²) in [4.78, 5) is 13.2. The summed E-state index contributed by atoms with van der Waals surface area (Å²) in [6.45, 7) is 12.0. The second-order valence-corrected chi connectivity index (χ2v) is 3.66. The van der Waals surface area contributed by atoms with Crippen LogP contribution in [0.4, 0.5) is 0 Å². The Kier molecular flexibility index (Phi) is 5.88. The van der Waals surface area contributed by atoms with Crippen LogP contribution in [0.1, 0.15) is 15.9 Å². The second kappa shape index (κ2) is 7.45. The minimum atomic E-state index is -0.337. The zero-order valence-electron chi connectivity index (χ0n) is 10.6. The van der Waals surface area contributed by atoms with Crippen molar-refractivity contribution in [1.82, 2.24) is 4.90 Å². The third-order valence-corrected chi connectivity index (χ3v) is 2.29. The van der Waals surface area contributed by atoms with Crippen LogP contribution in [-0.2, 0) is 4.74 Å². The van der Waals surface area contributed by atoms with Gasteiger partial charge in [-0.3, -0.25) is 4.90 Å². The van der Waals surface area contributed by atoms with Gasteiger partial charge in [0.1, 0.15) is 0 Å². The molecule has 0 spiro atoms. The van der Waals surface area contributed by atoms with Crippen molar-refractivity contribution in [3.05, 3.63) is 67.2 Å². The highest BCUT2D eigenvalue weighted by atomic mass is 16.5. The molecule has 0 fully saturated rings. The van der Waals surface area contributed by atoms with Crippen LogP contribution in [0.5, 0.6) is 0 Å². The number of carbonyl (C=O) groups is 1. The Bertz CT molecular complexity index is 399.